The van der Waals surface area contributed by atoms with Crippen molar-refractivity contribution in [3.8, 4) is 0 Å². The third-order valence-corrected chi connectivity index (χ3v) is 7.63. The number of aromatic nitrogens is 1. The van der Waals surface area contributed by atoms with E-state index in [9.17, 15) is 9.59 Å². The Labute approximate surface area is 212 Å². The number of piperazine rings is 1. The molecule has 2 aliphatic heterocycles. The average Bonchev–Trinajstić information content (AvgIpc) is 3.74. The molecule has 0 spiro atoms. The second-order valence-corrected chi connectivity index (χ2v) is 10.1. The Kier molecular flexibility index (Phi) is 6.96. The van der Waals surface area contributed by atoms with Crippen molar-refractivity contribution < 1.29 is 14.3 Å². The highest BCUT2D eigenvalue weighted by Gasteiger charge is 2.32. The molecule has 2 unspecified atom stereocenters. The van der Waals surface area contributed by atoms with Crippen LogP contribution in [0.5, 0.6) is 0 Å². The predicted octanol–water partition coefficient (Wildman–Crippen LogP) is 4.51. The first-order valence-corrected chi connectivity index (χ1v) is 12.8. The minimum Gasteiger partial charge on any atom is -0.444 e. The summed E-state index contributed by atoms with van der Waals surface area (Å²) in [5, 5.41) is 3.47. The zero-order valence-corrected chi connectivity index (χ0v) is 21.2. The summed E-state index contributed by atoms with van der Waals surface area (Å²) in [6.07, 6.45) is 6.66. The van der Waals surface area contributed by atoms with Gasteiger partial charge >= 0.3 is 6.09 Å². The Balaban J connectivity index is 1.26. The lowest BCUT2D eigenvalue weighted by Gasteiger charge is -2.39. The van der Waals surface area contributed by atoms with Gasteiger partial charge in [0.25, 0.3) is 0 Å². The van der Waals surface area contributed by atoms with E-state index >= 15 is 0 Å². The van der Waals surface area contributed by atoms with Gasteiger partial charge in [0.15, 0.2) is 0 Å². The summed E-state index contributed by atoms with van der Waals surface area (Å²) in [7, 11) is 1.71. The number of carbonyl (C=O) groups is 2. The van der Waals surface area contributed by atoms with Crippen LogP contribution < -0.4 is 10.2 Å². The van der Waals surface area contributed by atoms with E-state index < -0.39 is 0 Å². The summed E-state index contributed by atoms with van der Waals surface area (Å²) < 4.78 is 5.13. The molecule has 8 heteroatoms. The number of anilines is 2. The van der Waals surface area contributed by atoms with Crippen LogP contribution in [0.25, 0.3) is 0 Å². The molecule has 2 fully saturated rings. The molecule has 2 atom stereocenters. The van der Waals surface area contributed by atoms with Gasteiger partial charge in [-0.1, -0.05) is 43.7 Å². The molecule has 0 radical (unpaired) electrons. The van der Waals surface area contributed by atoms with Gasteiger partial charge in [-0.05, 0) is 36.5 Å². The smallest absolute Gasteiger partial charge is 0.414 e. The summed E-state index contributed by atoms with van der Waals surface area (Å²) in [4.78, 5) is 34.3. The van der Waals surface area contributed by atoms with Crippen molar-refractivity contribution >= 4 is 23.5 Å². The molecule has 8 nitrogen and oxygen atoms in total. The van der Waals surface area contributed by atoms with Crippen molar-refractivity contribution in [2.24, 2.45) is 5.92 Å². The maximum atomic E-state index is 12.0. The summed E-state index contributed by atoms with van der Waals surface area (Å²) in [5.74, 6) is 1.57. The Morgan fingerprint density at radius 2 is 1.89 bits per heavy atom. The third kappa shape index (κ3) is 5.23. The number of nitrogens with zero attached hydrogens (tertiary/aromatic N) is 4. The van der Waals surface area contributed by atoms with Gasteiger partial charge in [-0.2, -0.15) is 0 Å². The highest BCUT2D eigenvalue weighted by atomic mass is 16.6. The van der Waals surface area contributed by atoms with Gasteiger partial charge in [0.2, 0.25) is 5.91 Å². The van der Waals surface area contributed by atoms with Gasteiger partial charge in [0, 0.05) is 63.1 Å². The highest BCUT2D eigenvalue weighted by molar-refractivity contribution is 5.90. The van der Waals surface area contributed by atoms with Gasteiger partial charge in [-0.3, -0.25) is 14.6 Å². The van der Waals surface area contributed by atoms with Crippen molar-refractivity contribution in [1.82, 2.24) is 14.8 Å². The molecule has 0 bridgehead atoms. The van der Waals surface area contributed by atoms with E-state index in [1.165, 1.54) is 41.4 Å². The van der Waals surface area contributed by atoms with Crippen molar-refractivity contribution in [2.45, 2.75) is 44.9 Å². The number of hydrogen-bond donors (Lipinski definition) is 1. The molecule has 2 amide bonds. The maximum Gasteiger partial charge on any atom is 0.414 e. The molecule has 3 heterocycles. The molecule has 5 rings (SSSR count). The molecule has 3 aliphatic rings. The number of nitrogens with one attached hydrogen (secondary N) is 1. The minimum absolute atomic E-state index is 0.0271. The molecule has 2 aromatic rings. The monoisotopic (exact) mass is 489 g/mol. The Bertz CT molecular complexity index is 1120. The number of carbonyl (C=O) groups excluding carboxylic acids is 2. The largest absolute Gasteiger partial charge is 0.444 e. The molecule has 1 N–H and O–H groups in total. The lowest BCUT2D eigenvalue weighted by atomic mass is 9.96. The number of benzene rings is 1. The van der Waals surface area contributed by atoms with Crippen LogP contribution in [0, 0.1) is 5.92 Å². The van der Waals surface area contributed by atoms with Gasteiger partial charge in [0.05, 0.1) is 5.69 Å². The van der Waals surface area contributed by atoms with Crippen LogP contribution in [-0.2, 0) is 16.1 Å². The number of pyridine rings is 1. The molecule has 1 saturated heterocycles. The van der Waals surface area contributed by atoms with Gasteiger partial charge in [0.1, 0.15) is 12.4 Å². The fourth-order valence-corrected chi connectivity index (χ4v) is 5.17. The topological polar surface area (TPSA) is 78.0 Å². The standard InChI is InChI=1S/C28H35N5O3/c1-4-27(34)33-13-11-32(12-14-33)25(15-20-5-6-20)22-9-7-21(8-10-22)19(2)30-26-16-24-23(17-29-26)18-36-28(35)31(24)3/h4,7-10,16-17,19-20,25H,1,5-6,11-15,18H2,2-3H3,(H,29,30). The average molecular weight is 490 g/mol. The number of ether oxygens (including phenoxy) is 1. The molecule has 1 aromatic heterocycles. The van der Waals surface area contributed by atoms with E-state index in [0.717, 1.165) is 49.2 Å². The summed E-state index contributed by atoms with van der Waals surface area (Å²) in [5.41, 5.74) is 4.24. The van der Waals surface area contributed by atoms with E-state index in [4.69, 9.17) is 4.74 Å². The summed E-state index contributed by atoms with van der Waals surface area (Å²) >= 11 is 0. The lowest BCUT2D eigenvalue weighted by molar-refractivity contribution is -0.128. The predicted molar refractivity (Wildman–Crippen MR) is 140 cm³/mol. The quantitative estimate of drug-likeness (QED) is 0.550. The minimum atomic E-state index is -0.349. The van der Waals surface area contributed by atoms with Gasteiger partial charge in [-0.15, -0.1) is 0 Å². The molecule has 36 heavy (non-hydrogen) atoms. The Morgan fingerprint density at radius 1 is 1.19 bits per heavy atom. The van der Waals surface area contributed by atoms with E-state index in [0.29, 0.717) is 6.04 Å². The first-order chi connectivity index (χ1) is 17.4. The van der Waals surface area contributed by atoms with Crippen LogP contribution in [0.4, 0.5) is 16.3 Å². The molecular formula is C28H35N5O3. The fourth-order valence-electron chi connectivity index (χ4n) is 5.17. The van der Waals surface area contributed by atoms with Crippen molar-refractivity contribution in [1.29, 1.82) is 0 Å². The molecular weight excluding hydrogens is 454 g/mol. The lowest BCUT2D eigenvalue weighted by Crippen LogP contribution is -2.49. The second kappa shape index (κ2) is 10.3. The first kappa shape index (κ1) is 24.3. The highest BCUT2D eigenvalue weighted by Crippen LogP contribution is 2.40. The Morgan fingerprint density at radius 3 is 2.56 bits per heavy atom. The summed E-state index contributed by atoms with van der Waals surface area (Å²) in [6.45, 7) is 9.29. The molecule has 190 valence electrons. The number of rotatable bonds is 8. The number of fused-ring (bicyclic) bond motifs is 1. The molecule has 1 aliphatic carbocycles. The number of amides is 2. The zero-order chi connectivity index (χ0) is 25.2. The first-order valence-electron chi connectivity index (χ1n) is 12.8. The van der Waals surface area contributed by atoms with Crippen LogP contribution in [0.1, 0.15) is 55.0 Å². The van der Waals surface area contributed by atoms with Crippen molar-refractivity contribution in [2.75, 3.05) is 43.4 Å². The molecule has 1 aromatic carbocycles. The maximum absolute atomic E-state index is 12.0. The summed E-state index contributed by atoms with van der Waals surface area (Å²) in [6, 6.07) is 11.3. The van der Waals surface area contributed by atoms with Crippen LogP contribution in [-0.4, -0.2) is 60.0 Å². The van der Waals surface area contributed by atoms with Gasteiger partial charge < -0.3 is 15.0 Å². The van der Waals surface area contributed by atoms with Crippen molar-refractivity contribution in [3.05, 3.63) is 65.9 Å². The third-order valence-electron chi connectivity index (χ3n) is 7.63. The normalized spacial score (nSPS) is 19.8. The Hall–Kier alpha value is -3.39. The second-order valence-electron chi connectivity index (χ2n) is 10.1. The van der Waals surface area contributed by atoms with Crippen LogP contribution in [0.3, 0.4) is 0 Å². The van der Waals surface area contributed by atoms with Crippen LogP contribution >= 0.6 is 0 Å². The fraction of sp³-hybridized carbons (Fsp3) is 0.464. The van der Waals surface area contributed by atoms with E-state index in [2.05, 4.69) is 53.0 Å². The number of hydrogen-bond acceptors (Lipinski definition) is 6. The van der Waals surface area contributed by atoms with Gasteiger partial charge in [-0.25, -0.2) is 9.78 Å². The van der Waals surface area contributed by atoms with Crippen LogP contribution in [0.2, 0.25) is 0 Å². The van der Waals surface area contributed by atoms with E-state index in [-0.39, 0.29) is 24.6 Å². The SMILES string of the molecule is C=CC(=O)N1CCN(C(CC2CC2)c2ccc(C(C)Nc3cc4c(cn3)COC(=O)N4C)cc2)CC1. The van der Waals surface area contributed by atoms with E-state index in [1.54, 1.807) is 13.2 Å². The van der Waals surface area contributed by atoms with E-state index in [1.807, 2.05) is 11.0 Å². The molecule has 1 saturated carbocycles. The number of cyclic esters (lactones) is 1. The van der Waals surface area contributed by atoms with Crippen LogP contribution in [0.15, 0.2) is 49.2 Å². The zero-order valence-electron chi connectivity index (χ0n) is 21.2. The van der Waals surface area contributed by atoms with Crippen molar-refractivity contribution in [3.63, 3.8) is 0 Å².